The van der Waals surface area contributed by atoms with E-state index in [1.807, 2.05) is 20.8 Å². The average Bonchev–Trinajstić information content (AvgIpc) is 2.94. The molecule has 0 saturated carbocycles. The lowest BCUT2D eigenvalue weighted by atomic mass is 9.86. The normalized spacial score (nSPS) is 26.8. The third-order valence-electron chi connectivity index (χ3n) is 5.60. The molecule has 1 fully saturated rings. The van der Waals surface area contributed by atoms with Gasteiger partial charge in [0, 0.05) is 22.6 Å². The molecule has 1 aromatic rings. The summed E-state index contributed by atoms with van der Waals surface area (Å²) in [6.07, 6.45) is 1.22. The van der Waals surface area contributed by atoms with E-state index < -0.39 is 11.7 Å². The van der Waals surface area contributed by atoms with Crippen LogP contribution in [0.3, 0.4) is 0 Å². The third kappa shape index (κ3) is 5.46. The number of aromatic amines is 1. The number of amides is 1. The van der Waals surface area contributed by atoms with Crippen molar-refractivity contribution in [3.8, 4) is 0 Å². The number of carbonyl (C=O) groups is 1. The Labute approximate surface area is 175 Å². The molecule has 1 aliphatic rings. The number of hydrogen-bond acceptors (Lipinski definition) is 7. The van der Waals surface area contributed by atoms with Gasteiger partial charge < -0.3 is 10.2 Å². The summed E-state index contributed by atoms with van der Waals surface area (Å²) in [4.78, 5) is 35.3. The lowest BCUT2D eigenvalue weighted by molar-refractivity contribution is -0.118. The van der Waals surface area contributed by atoms with Gasteiger partial charge in [0.2, 0.25) is 11.9 Å². The molecule has 1 amide bonds. The van der Waals surface area contributed by atoms with Crippen molar-refractivity contribution in [3.05, 3.63) is 16.0 Å². The SMILES string of the molecule is Cc1nc(NC(=O)C(C)C)[nH]c(=O)c1N=CC(C)C(C)[C@@H]1S[C@H](CO)C(C)C1O. The number of hydrogen-bond donors (Lipinski definition) is 4. The number of H-pyrrole nitrogens is 1. The van der Waals surface area contributed by atoms with Gasteiger partial charge in [-0.2, -0.15) is 0 Å². The van der Waals surface area contributed by atoms with E-state index in [4.69, 9.17) is 0 Å². The minimum absolute atomic E-state index is 0.00488. The standard InChI is InChI=1S/C20H32N4O4S/c1-9(2)18(27)23-20-22-13(6)15(19(28)24-20)21-7-10(3)11(4)17-16(26)12(5)14(8-25)29-17/h7,9-12,14,16-17,25-26H,8H2,1-6H3,(H2,22,23,24,27,28)/t10?,11?,12?,14-,16?,17+/m1/s1. The first-order valence-electron chi connectivity index (χ1n) is 9.97. The Morgan fingerprint density at radius 3 is 2.55 bits per heavy atom. The highest BCUT2D eigenvalue weighted by molar-refractivity contribution is 8.00. The van der Waals surface area contributed by atoms with Crippen molar-refractivity contribution in [2.75, 3.05) is 11.9 Å². The summed E-state index contributed by atoms with van der Waals surface area (Å²) in [5, 5.41) is 22.6. The quantitative estimate of drug-likeness (QED) is 0.497. The number of anilines is 1. The van der Waals surface area contributed by atoms with Crippen molar-refractivity contribution in [2.24, 2.45) is 28.7 Å². The summed E-state index contributed by atoms with van der Waals surface area (Å²) in [5.74, 6) is -0.196. The van der Waals surface area contributed by atoms with E-state index in [0.717, 1.165) is 0 Å². The van der Waals surface area contributed by atoms with Crippen molar-refractivity contribution >= 4 is 35.5 Å². The maximum Gasteiger partial charge on any atom is 0.278 e. The highest BCUT2D eigenvalue weighted by Crippen LogP contribution is 2.43. The van der Waals surface area contributed by atoms with Crippen LogP contribution in [0.4, 0.5) is 11.6 Å². The fraction of sp³-hybridized carbons (Fsp3) is 0.700. The minimum Gasteiger partial charge on any atom is -0.395 e. The zero-order valence-electron chi connectivity index (χ0n) is 17.8. The fourth-order valence-electron chi connectivity index (χ4n) is 3.25. The van der Waals surface area contributed by atoms with Gasteiger partial charge in [-0.1, -0.05) is 34.6 Å². The molecular weight excluding hydrogens is 392 g/mol. The first-order valence-corrected chi connectivity index (χ1v) is 10.9. The number of nitrogens with one attached hydrogen (secondary N) is 2. The molecule has 29 heavy (non-hydrogen) atoms. The van der Waals surface area contributed by atoms with Crippen LogP contribution in [0.2, 0.25) is 0 Å². The van der Waals surface area contributed by atoms with Crippen LogP contribution in [0, 0.1) is 30.6 Å². The van der Waals surface area contributed by atoms with Gasteiger partial charge in [-0.05, 0) is 24.7 Å². The molecule has 4 N–H and O–H groups in total. The van der Waals surface area contributed by atoms with Crippen LogP contribution in [0.15, 0.2) is 9.79 Å². The van der Waals surface area contributed by atoms with Crippen molar-refractivity contribution < 1.29 is 15.0 Å². The molecule has 8 nitrogen and oxygen atoms in total. The Morgan fingerprint density at radius 2 is 2.03 bits per heavy atom. The summed E-state index contributed by atoms with van der Waals surface area (Å²) in [5.41, 5.74) is 0.206. The number of aromatic nitrogens is 2. The predicted molar refractivity (Wildman–Crippen MR) is 117 cm³/mol. The molecule has 9 heteroatoms. The second-order valence-electron chi connectivity index (χ2n) is 8.16. The van der Waals surface area contributed by atoms with Gasteiger partial charge in [0.15, 0.2) is 0 Å². The summed E-state index contributed by atoms with van der Waals surface area (Å²) in [7, 11) is 0. The number of thioether (sulfide) groups is 1. The molecular formula is C20H32N4O4S. The Bertz CT molecular complexity index is 810. The topological polar surface area (TPSA) is 128 Å². The smallest absolute Gasteiger partial charge is 0.278 e. The maximum absolute atomic E-state index is 12.4. The Kier molecular flexibility index (Phi) is 8.02. The average molecular weight is 425 g/mol. The fourth-order valence-corrected chi connectivity index (χ4v) is 5.05. The van der Waals surface area contributed by atoms with Crippen molar-refractivity contribution in [1.82, 2.24) is 9.97 Å². The van der Waals surface area contributed by atoms with E-state index in [2.05, 4.69) is 20.3 Å². The Morgan fingerprint density at radius 1 is 1.38 bits per heavy atom. The first-order chi connectivity index (χ1) is 13.6. The second kappa shape index (κ2) is 9.86. The molecule has 1 saturated heterocycles. The summed E-state index contributed by atoms with van der Waals surface area (Å²) >= 11 is 1.62. The molecule has 4 unspecified atom stereocenters. The molecule has 162 valence electrons. The lowest BCUT2D eigenvalue weighted by Crippen LogP contribution is -2.33. The van der Waals surface area contributed by atoms with Crippen LogP contribution in [0.25, 0.3) is 0 Å². The van der Waals surface area contributed by atoms with Gasteiger partial charge in [-0.3, -0.25) is 24.9 Å². The Balaban J connectivity index is 2.12. The number of rotatable bonds is 7. The molecule has 0 bridgehead atoms. The largest absolute Gasteiger partial charge is 0.395 e. The highest BCUT2D eigenvalue weighted by Gasteiger charge is 2.43. The summed E-state index contributed by atoms with van der Waals surface area (Å²) < 4.78 is 0. The van der Waals surface area contributed by atoms with Crippen molar-refractivity contribution in [2.45, 2.75) is 58.1 Å². The zero-order valence-corrected chi connectivity index (χ0v) is 18.7. The molecule has 1 aromatic heterocycles. The first kappa shape index (κ1) is 23.6. The van der Waals surface area contributed by atoms with Gasteiger partial charge in [0.25, 0.3) is 5.56 Å². The zero-order chi connectivity index (χ0) is 21.9. The second-order valence-corrected chi connectivity index (χ2v) is 9.58. The van der Waals surface area contributed by atoms with E-state index in [9.17, 15) is 19.8 Å². The molecule has 0 spiro atoms. The van der Waals surface area contributed by atoms with E-state index in [-0.39, 0.29) is 58.3 Å². The number of aliphatic hydroxyl groups excluding tert-OH is 2. The van der Waals surface area contributed by atoms with Crippen molar-refractivity contribution in [3.63, 3.8) is 0 Å². The van der Waals surface area contributed by atoms with E-state index in [1.165, 1.54) is 0 Å². The van der Waals surface area contributed by atoms with Gasteiger partial charge in [0.05, 0.1) is 18.4 Å². The van der Waals surface area contributed by atoms with E-state index in [1.54, 1.807) is 38.7 Å². The minimum atomic E-state index is -0.487. The highest BCUT2D eigenvalue weighted by atomic mass is 32.2. The number of aliphatic hydroxyl groups is 2. The number of aliphatic imine (C=N–C) groups is 1. The number of aryl methyl sites for hydroxylation is 1. The summed E-state index contributed by atoms with van der Waals surface area (Å²) in [6.45, 7) is 11.2. The predicted octanol–water partition coefficient (Wildman–Crippen LogP) is 2.12. The molecule has 0 aromatic carbocycles. The van der Waals surface area contributed by atoms with Crippen LogP contribution < -0.4 is 10.9 Å². The molecule has 2 heterocycles. The van der Waals surface area contributed by atoms with Gasteiger partial charge in [0.1, 0.15) is 5.69 Å². The summed E-state index contributed by atoms with van der Waals surface area (Å²) in [6, 6.07) is 0. The molecule has 0 aliphatic carbocycles. The van der Waals surface area contributed by atoms with Crippen LogP contribution in [-0.2, 0) is 4.79 Å². The maximum atomic E-state index is 12.4. The van der Waals surface area contributed by atoms with Crippen LogP contribution in [0.1, 0.15) is 40.3 Å². The molecule has 6 atom stereocenters. The molecule has 0 radical (unpaired) electrons. The third-order valence-corrected chi connectivity index (χ3v) is 7.55. The molecule has 2 rings (SSSR count). The molecule has 1 aliphatic heterocycles. The monoisotopic (exact) mass is 424 g/mol. The van der Waals surface area contributed by atoms with E-state index >= 15 is 0 Å². The number of nitrogens with zero attached hydrogens (tertiary/aromatic N) is 2. The lowest BCUT2D eigenvalue weighted by Gasteiger charge is -2.26. The van der Waals surface area contributed by atoms with Crippen molar-refractivity contribution in [1.29, 1.82) is 0 Å². The number of carbonyl (C=O) groups excluding carboxylic acids is 1. The van der Waals surface area contributed by atoms with Gasteiger partial charge in [-0.25, -0.2) is 4.98 Å². The van der Waals surface area contributed by atoms with Crippen LogP contribution >= 0.6 is 11.8 Å². The van der Waals surface area contributed by atoms with Crippen LogP contribution in [0.5, 0.6) is 0 Å². The van der Waals surface area contributed by atoms with E-state index in [0.29, 0.717) is 5.69 Å². The Hall–Kier alpha value is -1.71. The van der Waals surface area contributed by atoms with Gasteiger partial charge >= 0.3 is 0 Å². The van der Waals surface area contributed by atoms with Gasteiger partial charge in [-0.15, -0.1) is 11.8 Å². The van der Waals surface area contributed by atoms with Crippen LogP contribution in [-0.4, -0.2) is 55.5 Å².